The summed E-state index contributed by atoms with van der Waals surface area (Å²) in [5.74, 6) is 1.09. The van der Waals surface area contributed by atoms with Crippen LogP contribution in [0.3, 0.4) is 0 Å². The number of aromatic nitrogens is 3. The summed E-state index contributed by atoms with van der Waals surface area (Å²) in [6.07, 6.45) is 10.9. The van der Waals surface area contributed by atoms with Gasteiger partial charge in [-0.1, -0.05) is 59.0 Å². The van der Waals surface area contributed by atoms with Crippen LogP contribution in [-0.2, 0) is 0 Å². The fourth-order valence-electron chi connectivity index (χ4n) is 2.03. The van der Waals surface area contributed by atoms with Crippen molar-refractivity contribution in [1.29, 1.82) is 0 Å². The lowest BCUT2D eigenvalue weighted by Gasteiger charge is -2.23. The Kier molecular flexibility index (Phi) is 3.19. The SMILES string of the molecule is c1cncc([C-](c2cccnc2)c2cccnc2)c1. The molecule has 3 heteroatoms. The molecule has 0 N–H and O–H groups in total. The predicted octanol–water partition coefficient (Wildman–Crippen LogP) is 2.89. The first kappa shape index (κ1) is 11.4. The van der Waals surface area contributed by atoms with Crippen LogP contribution in [0.2, 0.25) is 0 Å². The van der Waals surface area contributed by atoms with Crippen LogP contribution in [0.1, 0.15) is 16.7 Å². The van der Waals surface area contributed by atoms with Gasteiger partial charge < -0.3 is 0 Å². The molecule has 0 spiro atoms. The summed E-state index contributed by atoms with van der Waals surface area (Å²) < 4.78 is 0. The molecule has 0 aliphatic rings. The van der Waals surface area contributed by atoms with Gasteiger partial charge in [0, 0.05) is 18.6 Å². The molecule has 92 valence electrons. The van der Waals surface area contributed by atoms with E-state index in [2.05, 4.69) is 15.0 Å². The Morgan fingerprint density at radius 2 is 0.947 bits per heavy atom. The minimum atomic E-state index is 1.06. The number of rotatable bonds is 3. The van der Waals surface area contributed by atoms with Crippen molar-refractivity contribution in [3.05, 3.63) is 96.2 Å². The third-order valence-corrected chi connectivity index (χ3v) is 2.85. The quantitative estimate of drug-likeness (QED) is 0.667. The maximum atomic E-state index is 4.19. The molecule has 3 aromatic rings. The van der Waals surface area contributed by atoms with Gasteiger partial charge in [-0.05, 0) is 18.6 Å². The van der Waals surface area contributed by atoms with Crippen molar-refractivity contribution in [2.45, 2.75) is 0 Å². The van der Waals surface area contributed by atoms with E-state index in [1.165, 1.54) is 0 Å². The smallest absolute Gasteiger partial charge is 0.0148 e. The summed E-state index contributed by atoms with van der Waals surface area (Å²) in [5, 5.41) is 0. The van der Waals surface area contributed by atoms with Crippen molar-refractivity contribution in [3.63, 3.8) is 0 Å². The van der Waals surface area contributed by atoms with E-state index in [-0.39, 0.29) is 0 Å². The van der Waals surface area contributed by atoms with E-state index in [1.807, 2.05) is 55.0 Å². The van der Waals surface area contributed by atoms with E-state index in [0.717, 1.165) is 22.6 Å². The Balaban J connectivity index is 2.12. The van der Waals surface area contributed by atoms with Gasteiger partial charge in [0.15, 0.2) is 0 Å². The molecular weight excluding hydrogens is 234 g/mol. The Morgan fingerprint density at radius 1 is 0.579 bits per heavy atom. The highest BCUT2D eigenvalue weighted by Crippen LogP contribution is 2.28. The molecule has 3 nitrogen and oxygen atoms in total. The highest BCUT2D eigenvalue weighted by atomic mass is 14.6. The molecule has 3 heterocycles. The van der Waals surface area contributed by atoms with Gasteiger partial charge >= 0.3 is 0 Å². The van der Waals surface area contributed by atoms with Gasteiger partial charge in [0.25, 0.3) is 0 Å². The van der Waals surface area contributed by atoms with Crippen LogP contribution in [0.5, 0.6) is 0 Å². The summed E-state index contributed by atoms with van der Waals surface area (Å²) in [6.45, 7) is 0. The highest BCUT2D eigenvalue weighted by molar-refractivity contribution is 5.54. The molecule has 3 rings (SSSR count). The molecule has 0 unspecified atom stereocenters. The van der Waals surface area contributed by atoms with Crippen molar-refractivity contribution >= 4 is 0 Å². The Bertz CT molecular complexity index is 530. The number of pyridine rings is 3. The minimum Gasteiger partial charge on any atom is -0.292 e. The van der Waals surface area contributed by atoms with Gasteiger partial charge in [-0.15, -0.1) is 0 Å². The summed E-state index contributed by atoms with van der Waals surface area (Å²) in [7, 11) is 0. The van der Waals surface area contributed by atoms with Crippen LogP contribution in [0, 0.1) is 5.92 Å². The van der Waals surface area contributed by atoms with Gasteiger partial charge in [0.2, 0.25) is 0 Å². The molecule has 0 radical (unpaired) electrons. The lowest BCUT2D eigenvalue weighted by Crippen LogP contribution is -2.05. The summed E-state index contributed by atoms with van der Waals surface area (Å²) in [5.41, 5.74) is 3.18. The first-order chi connectivity index (χ1) is 9.45. The second kappa shape index (κ2) is 5.31. The van der Waals surface area contributed by atoms with Gasteiger partial charge in [0.05, 0.1) is 0 Å². The lowest BCUT2D eigenvalue weighted by molar-refractivity contribution is 1.13. The average molecular weight is 246 g/mol. The molecule has 0 saturated heterocycles. The van der Waals surface area contributed by atoms with E-state index in [1.54, 1.807) is 18.6 Å². The summed E-state index contributed by atoms with van der Waals surface area (Å²) in [6, 6.07) is 11.9. The number of hydrogen-bond acceptors (Lipinski definition) is 3. The van der Waals surface area contributed by atoms with Crippen molar-refractivity contribution < 1.29 is 0 Å². The normalized spacial score (nSPS) is 10.1. The zero-order chi connectivity index (χ0) is 12.9. The maximum Gasteiger partial charge on any atom is 0.0148 e. The van der Waals surface area contributed by atoms with E-state index < -0.39 is 0 Å². The van der Waals surface area contributed by atoms with Crippen molar-refractivity contribution in [3.8, 4) is 0 Å². The third-order valence-electron chi connectivity index (χ3n) is 2.85. The van der Waals surface area contributed by atoms with E-state index in [9.17, 15) is 0 Å². The highest BCUT2D eigenvalue weighted by Gasteiger charge is 2.10. The maximum absolute atomic E-state index is 4.19. The predicted molar refractivity (Wildman–Crippen MR) is 73.3 cm³/mol. The molecule has 0 aromatic carbocycles. The monoisotopic (exact) mass is 246 g/mol. The van der Waals surface area contributed by atoms with E-state index in [0.29, 0.717) is 0 Å². The van der Waals surface area contributed by atoms with E-state index >= 15 is 0 Å². The van der Waals surface area contributed by atoms with Gasteiger partial charge in [-0.2, -0.15) is 0 Å². The largest absolute Gasteiger partial charge is 0.292 e. The number of hydrogen-bond donors (Lipinski definition) is 0. The fourth-order valence-corrected chi connectivity index (χ4v) is 2.03. The van der Waals surface area contributed by atoms with Crippen LogP contribution >= 0.6 is 0 Å². The van der Waals surface area contributed by atoms with Gasteiger partial charge in [0.1, 0.15) is 0 Å². The summed E-state index contributed by atoms with van der Waals surface area (Å²) >= 11 is 0. The molecule has 19 heavy (non-hydrogen) atoms. The van der Waals surface area contributed by atoms with Crippen molar-refractivity contribution in [2.75, 3.05) is 0 Å². The van der Waals surface area contributed by atoms with Gasteiger partial charge in [-0.25, -0.2) is 0 Å². The van der Waals surface area contributed by atoms with Crippen molar-refractivity contribution in [1.82, 2.24) is 15.0 Å². The van der Waals surface area contributed by atoms with Crippen LogP contribution in [0.15, 0.2) is 73.6 Å². The van der Waals surface area contributed by atoms with Crippen LogP contribution in [0.4, 0.5) is 0 Å². The molecule has 0 aliphatic carbocycles. The molecule has 0 bridgehead atoms. The standard InChI is InChI=1S/C16H12N3/c1-4-13(10-17-7-1)16(14-5-2-8-18-11-14)15-6-3-9-19-12-15/h1-12H/q-1. The first-order valence-corrected chi connectivity index (χ1v) is 6.03. The minimum absolute atomic E-state index is 1.06. The molecular formula is C16H12N3-. The zero-order valence-corrected chi connectivity index (χ0v) is 10.3. The summed E-state index contributed by atoms with van der Waals surface area (Å²) in [4.78, 5) is 12.6. The molecule has 0 fully saturated rings. The molecule has 3 aromatic heterocycles. The third kappa shape index (κ3) is 2.45. The number of nitrogens with zero attached hydrogens (tertiary/aromatic N) is 3. The van der Waals surface area contributed by atoms with E-state index in [4.69, 9.17) is 0 Å². The van der Waals surface area contributed by atoms with Crippen LogP contribution < -0.4 is 0 Å². The molecule has 0 amide bonds. The van der Waals surface area contributed by atoms with Crippen LogP contribution in [-0.4, -0.2) is 15.0 Å². The average Bonchev–Trinajstić information content (AvgIpc) is 2.51. The Morgan fingerprint density at radius 3 is 1.21 bits per heavy atom. The zero-order valence-electron chi connectivity index (χ0n) is 10.3. The Hall–Kier alpha value is -2.68. The molecule has 0 saturated carbocycles. The second-order valence-corrected chi connectivity index (χ2v) is 4.10. The van der Waals surface area contributed by atoms with Crippen LogP contribution in [0.25, 0.3) is 0 Å². The Labute approximate surface area is 112 Å². The second-order valence-electron chi connectivity index (χ2n) is 4.10. The first-order valence-electron chi connectivity index (χ1n) is 6.03. The van der Waals surface area contributed by atoms with Gasteiger partial charge in [-0.3, -0.25) is 15.0 Å². The fraction of sp³-hybridized carbons (Fsp3) is 0. The molecule has 0 atom stereocenters. The topological polar surface area (TPSA) is 38.7 Å². The molecule has 0 aliphatic heterocycles. The van der Waals surface area contributed by atoms with Crippen molar-refractivity contribution in [2.24, 2.45) is 0 Å². The lowest BCUT2D eigenvalue weighted by atomic mass is 9.88.